The molecule has 1 unspecified atom stereocenters. The number of nitrogens with one attached hydrogen (secondary N) is 1. The molecule has 3 N–H and O–H groups in total. The van der Waals surface area contributed by atoms with Crippen molar-refractivity contribution in [1.82, 2.24) is 5.32 Å². The van der Waals surface area contributed by atoms with Gasteiger partial charge >= 0.3 is 0 Å². The average molecular weight is 221 g/mol. The molecule has 0 spiro atoms. The highest BCUT2D eigenvalue weighted by atomic mass is 16.5. The molecule has 88 valence electrons. The lowest BCUT2D eigenvalue weighted by Gasteiger charge is -2.15. The normalized spacial score (nSPS) is 13.3. The Bertz CT molecular complexity index is 363. The van der Waals surface area contributed by atoms with Crippen molar-refractivity contribution in [3.05, 3.63) is 29.8 Å². The molecule has 0 fully saturated rings. The van der Waals surface area contributed by atoms with E-state index in [1.54, 1.807) is 7.05 Å². The van der Waals surface area contributed by atoms with E-state index in [9.17, 15) is 0 Å². The van der Waals surface area contributed by atoms with Gasteiger partial charge in [-0.2, -0.15) is 0 Å². The summed E-state index contributed by atoms with van der Waals surface area (Å²) in [7, 11) is 1.65. The van der Waals surface area contributed by atoms with Gasteiger partial charge in [-0.1, -0.05) is 12.1 Å². The molecule has 16 heavy (non-hydrogen) atoms. The third-order valence-corrected chi connectivity index (χ3v) is 2.14. The molecule has 1 atom stereocenters. The second-order valence-electron chi connectivity index (χ2n) is 3.73. The van der Waals surface area contributed by atoms with Crippen LogP contribution in [0, 0.1) is 6.92 Å². The number of ether oxygens (including phenoxy) is 1. The summed E-state index contributed by atoms with van der Waals surface area (Å²) in [4.78, 5) is 3.81. The minimum Gasteiger partial charge on any atom is -0.489 e. The van der Waals surface area contributed by atoms with E-state index in [4.69, 9.17) is 10.5 Å². The number of aryl methyl sites for hydroxylation is 1. The molecule has 4 heteroatoms. The molecular formula is C12H19N3O. The highest BCUT2D eigenvalue weighted by molar-refractivity contribution is 5.77. The zero-order chi connectivity index (χ0) is 12.0. The Balaban J connectivity index is 2.42. The Morgan fingerprint density at radius 1 is 1.56 bits per heavy atom. The number of aliphatic imine (C=N–C) groups is 1. The van der Waals surface area contributed by atoms with Gasteiger partial charge in [0.15, 0.2) is 5.96 Å². The molecule has 0 aromatic heterocycles. The molecule has 0 saturated heterocycles. The van der Waals surface area contributed by atoms with Crippen molar-refractivity contribution < 1.29 is 4.74 Å². The fourth-order valence-corrected chi connectivity index (χ4v) is 1.29. The first-order valence-electron chi connectivity index (χ1n) is 5.31. The first kappa shape index (κ1) is 12.4. The number of nitrogens with zero attached hydrogens (tertiary/aromatic N) is 1. The Labute approximate surface area is 96.5 Å². The van der Waals surface area contributed by atoms with Crippen molar-refractivity contribution in [1.29, 1.82) is 0 Å². The topological polar surface area (TPSA) is 59.6 Å². The van der Waals surface area contributed by atoms with Crippen molar-refractivity contribution >= 4 is 5.96 Å². The molecule has 0 aliphatic heterocycles. The van der Waals surface area contributed by atoms with Crippen molar-refractivity contribution in [3.63, 3.8) is 0 Å². The van der Waals surface area contributed by atoms with Crippen LogP contribution in [0.3, 0.4) is 0 Å². The second-order valence-corrected chi connectivity index (χ2v) is 3.73. The van der Waals surface area contributed by atoms with E-state index in [1.165, 1.54) is 5.56 Å². The van der Waals surface area contributed by atoms with Gasteiger partial charge in [0.1, 0.15) is 11.9 Å². The molecule has 0 saturated carbocycles. The number of hydrogen-bond acceptors (Lipinski definition) is 2. The minimum absolute atomic E-state index is 0.0436. The lowest BCUT2D eigenvalue weighted by molar-refractivity contribution is 0.224. The molecule has 0 heterocycles. The van der Waals surface area contributed by atoms with Crippen molar-refractivity contribution in [3.8, 4) is 5.75 Å². The van der Waals surface area contributed by atoms with E-state index in [2.05, 4.69) is 10.3 Å². The molecular weight excluding hydrogens is 202 g/mol. The van der Waals surface area contributed by atoms with Crippen LogP contribution in [-0.2, 0) is 0 Å². The lowest BCUT2D eigenvalue weighted by atomic mass is 10.2. The Kier molecular flexibility index (Phi) is 4.64. The van der Waals surface area contributed by atoms with Crippen molar-refractivity contribution in [2.75, 3.05) is 13.6 Å². The summed E-state index contributed by atoms with van der Waals surface area (Å²) in [5.41, 5.74) is 6.71. The van der Waals surface area contributed by atoms with E-state index in [0.717, 1.165) is 5.75 Å². The van der Waals surface area contributed by atoms with Gasteiger partial charge in [0.2, 0.25) is 0 Å². The third kappa shape index (κ3) is 4.21. The average Bonchev–Trinajstić information content (AvgIpc) is 2.26. The van der Waals surface area contributed by atoms with E-state index >= 15 is 0 Å². The molecule has 0 bridgehead atoms. The summed E-state index contributed by atoms with van der Waals surface area (Å²) in [6, 6.07) is 7.97. The number of rotatable bonds is 4. The van der Waals surface area contributed by atoms with Gasteiger partial charge < -0.3 is 15.8 Å². The summed E-state index contributed by atoms with van der Waals surface area (Å²) in [5, 5.41) is 2.97. The van der Waals surface area contributed by atoms with Crippen molar-refractivity contribution in [2.24, 2.45) is 10.7 Å². The molecule has 0 aliphatic rings. The van der Waals surface area contributed by atoms with Crippen LogP contribution >= 0.6 is 0 Å². The van der Waals surface area contributed by atoms with Gasteiger partial charge in [-0.05, 0) is 31.5 Å². The van der Waals surface area contributed by atoms with Gasteiger partial charge in [0.25, 0.3) is 0 Å². The number of guanidine groups is 1. The summed E-state index contributed by atoms with van der Waals surface area (Å²) < 4.78 is 5.72. The predicted octanol–water partition coefficient (Wildman–Crippen LogP) is 1.30. The van der Waals surface area contributed by atoms with Crippen LogP contribution in [-0.4, -0.2) is 25.7 Å². The Morgan fingerprint density at radius 3 is 2.94 bits per heavy atom. The van der Waals surface area contributed by atoms with Crippen LogP contribution in [0.15, 0.2) is 29.3 Å². The summed E-state index contributed by atoms with van der Waals surface area (Å²) in [6.45, 7) is 4.66. The molecule has 0 radical (unpaired) electrons. The highest BCUT2D eigenvalue weighted by Gasteiger charge is 2.03. The predicted molar refractivity (Wildman–Crippen MR) is 66.8 cm³/mol. The number of nitrogens with two attached hydrogens (primary N) is 1. The Hall–Kier alpha value is -1.71. The number of hydrogen-bond donors (Lipinski definition) is 2. The molecule has 0 amide bonds. The quantitative estimate of drug-likeness (QED) is 0.595. The minimum atomic E-state index is 0.0436. The zero-order valence-corrected chi connectivity index (χ0v) is 10.0. The van der Waals surface area contributed by atoms with Gasteiger partial charge in [-0.25, -0.2) is 0 Å². The van der Waals surface area contributed by atoms with Crippen LogP contribution in [0.25, 0.3) is 0 Å². The van der Waals surface area contributed by atoms with E-state index < -0.39 is 0 Å². The van der Waals surface area contributed by atoms with E-state index in [0.29, 0.717) is 12.5 Å². The SMILES string of the molecule is CN=C(N)NCC(C)Oc1cccc(C)c1. The number of benzene rings is 1. The van der Waals surface area contributed by atoms with Gasteiger partial charge in [-0.3, -0.25) is 4.99 Å². The maximum absolute atomic E-state index is 5.72. The monoisotopic (exact) mass is 221 g/mol. The molecule has 1 aromatic carbocycles. The maximum Gasteiger partial charge on any atom is 0.188 e. The van der Waals surface area contributed by atoms with Crippen LogP contribution in [0.1, 0.15) is 12.5 Å². The molecule has 4 nitrogen and oxygen atoms in total. The van der Waals surface area contributed by atoms with Crippen LogP contribution in [0.2, 0.25) is 0 Å². The largest absolute Gasteiger partial charge is 0.489 e. The molecule has 1 rings (SSSR count). The smallest absolute Gasteiger partial charge is 0.188 e. The van der Waals surface area contributed by atoms with E-state index in [-0.39, 0.29) is 6.10 Å². The molecule has 1 aromatic rings. The zero-order valence-electron chi connectivity index (χ0n) is 10.0. The summed E-state index contributed by atoms with van der Waals surface area (Å²) >= 11 is 0. The fourth-order valence-electron chi connectivity index (χ4n) is 1.29. The highest BCUT2D eigenvalue weighted by Crippen LogP contribution is 2.13. The third-order valence-electron chi connectivity index (χ3n) is 2.14. The van der Waals surface area contributed by atoms with Crippen LogP contribution < -0.4 is 15.8 Å². The maximum atomic E-state index is 5.72. The standard InChI is InChI=1S/C12H19N3O/c1-9-5-4-6-11(7-9)16-10(2)8-15-12(13)14-3/h4-7,10H,8H2,1-3H3,(H3,13,14,15). The van der Waals surface area contributed by atoms with Crippen LogP contribution in [0.4, 0.5) is 0 Å². The summed E-state index contributed by atoms with van der Waals surface area (Å²) in [6.07, 6.45) is 0.0436. The van der Waals surface area contributed by atoms with Gasteiger partial charge in [-0.15, -0.1) is 0 Å². The van der Waals surface area contributed by atoms with Crippen LogP contribution in [0.5, 0.6) is 5.75 Å². The first-order chi connectivity index (χ1) is 7.61. The summed E-state index contributed by atoms with van der Waals surface area (Å²) in [5.74, 6) is 1.31. The lowest BCUT2D eigenvalue weighted by Crippen LogP contribution is -2.38. The fraction of sp³-hybridized carbons (Fsp3) is 0.417. The molecule has 0 aliphatic carbocycles. The Morgan fingerprint density at radius 2 is 2.31 bits per heavy atom. The van der Waals surface area contributed by atoms with Gasteiger partial charge in [0, 0.05) is 7.05 Å². The second kappa shape index (κ2) is 6.00. The van der Waals surface area contributed by atoms with E-state index in [1.807, 2.05) is 38.1 Å². The first-order valence-corrected chi connectivity index (χ1v) is 5.31. The van der Waals surface area contributed by atoms with Gasteiger partial charge in [0.05, 0.1) is 6.54 Å². The van der Waals surface area contributed by atoms with Crippen molar-refractivity contribution in [2.45, 2.75) is 20.0 Å².